The zero-order valence-corrected chi connectivity index (χ0v) is 14.0. The van der Waals surface area contributed by atoms with Crippen LogP contribution in [0.25, 0.3) is 22.4 Å². The molecule has 1 aliphatic rings. The summed E-state index contributed by atoms with van der Waals surface area (Å²) in [5, 5.41) is 29.8. The quantitative estimate of drug-likeness (QED) is 0.455. The number of nitrogens with two attached hydrogens (primary N) is 1. The molecule has 1 aliphatic heterocycles. The molecule has 0 bridgehead atoms. The summed E-state index contributed by atoms with van der Waals surface area (Å²) in [6.45, 7) is -0.519. The molecule has 1 saturated heterocycles. The lowest BCUT2D eigenvalue weighted by molar-refractivity contribution is -0.0524. The molecular weight excluding hydrogens is 354 g/mol. The van der Waals surface area contributed by atoms with Crippen molar-refractivity contribution in [1.29, 1.82) is 0 Å². The van der Waals surface area contributed by atoms with E-state index >= 15 is 0 Å². The van der Waals surface area contributed by atoms with E-state index in [9.17, 15) is 20.1 Å². The minimum Gasteiger partial charge on any atom is -0.394 e. The van der Waals surface area contributed by atoms with Crippen molar-refractivity contribution in [3.8, 4) is 11.3 Å². The maximum absolute atomic E-state index is 13.2. The van der Waals surface area contributed by atoms with Crippen LogP contribution >= 0.6 is 0 Å². The fourth-order valence-electron chi connectivity index (χ4n) is 3.15. The van der Waals surface area contributed by atoms with Gasteiger partial charge < -0.3 is 25.8 Å². The average molecular weight is 371 g/mol. The Balaban J connectivity index is 2.01. The summed E-state index contributed by atoms with van der Waals surface area (Å²) in [6, 6.07) is 8.71. The van der Waals surface area contributed by atoms with Crippen LogP contribution in [0, 0.1) is 0 Å². The highest BCUT2D eigenvalue weighted by atomic mass is 16.6. The van der Waals surface area contributed by atoms with Crippen molar-refractivity contribution in [3.05, 3.63) is 47.0 Å². The number of aliphatic hydroxyl groups is 3. The zero-order valence-electron chi connectivity index (χ0n) is 14.0. The number of nitrogens with zero attached hydrogens (tertiary/aromatic N) is 4. The smallest absolute Gasteiger partial charge is 0.280 e. The van der Waals surface area contributed by atoms with Crippen LogP contribution in [0.5, 0.6) is 0 Å². The van der Waals surface area contributed by atoms with E-state index in [1.807, 2.05) is 0 Å². The third-order valence-corrected chi connectivity index (χ3v) is 4.52. The van der Waals surface area contributed by atoms with Crippen LogP contribution < -0.4 is 11.3 Å². The van der Waals surface area contributed by atoms with Gasteiger partial charge in [-0.1, -0.05) is 30.3 Å². The third-order valence-electron chi connectivity index (χ3n) is 4.52. The number of hydrogen-bond acceptors (Lipinski definition) is 9. The van der Waals surface area contributed by atoms with Gasteiger partial charge in [0.05, 0.1) is 6.61 Å². The summed E-state index contributed by atoms with van der Waals surface area (Å²) in [5.41, 5.74) is 6.16. The largest absolute Gasteiger partial charge is 0.394 e. The molecule has 3 heterocycles. The molecule has 0 saturated carbocycles. The molecule has 4 rings (SSSR count). The van der Waals surface area contributed by atoms with E-state index in [1.54, 1.807) is 30.3 Å². The predicted octanol–water partition coefficient (Wildman–Crippen LogP) is -0.953. The molecule has 10 heteroatoms. The number of rotatable bonds is 3. The summed E-state index contributed by atoms with van der Waals surface area (Å²) in [6.07, 6.45) is -3.97. The van der Waals surface area contributed by atoms with Gasteiger partial charge >= 0.3 is 0 Å². The fraction of sp³-hybridized carbons (Fsp3) is 0.294. The summed E-state index contributed by atoms with van der Waals surface area (Å²) >= 11 is 0. The van der Waals surface area contributed by atoms with Crippen molar-refractivity contribution in [2.45, 2.75) is 24.5 Å². The number of hydrogen-bond donors (Lipinski definition) is 4. The van der Waals surface area contributed by atoms with Crippen LogP contribution in [0.15, 0.2) is 41.5 Å². The van der Waals surface area contributed by atoms with E-state index in [0.29, 0.717) is 5.56 Å². The van der Waals surface area contributed by atoms with Gasteiger partial charge in [-0.2, -0.15) is 0 Å². The van der Waals surface area contributed by atoms with Gasteiger partial charge in [-0.15, -0.1) is 0 Å². The van der Waals surface area contributed by atoms with E-state index < -0.39 is 36.7 Å². The molecule has 0 spiro atoms. The highest BCUT2D eigenvalue weighted by molar-refractivity contribution is 5.83. The van der Waals surface area contributed by atoms with E-state index in [0.717, 1.165) is 4.57 Å². The minimum atomic E-state index is -1.45. The highest BCUT2D eigenvalue weighted by Crippen LogP contribution is 2.31. The van der Waals surface area contributed by atoms with Gasteiger partial charge in [0.2, 0.25) is 0 Å². The highest BCUT2D eigenvalue weighted by Gasteiger charge is 2.44. The van der Waals surface area contributed by atoms with Gasteiger partial charge in [0, 0.05) is 5.56 Å². The van der Waals surface area contributed by atoms with Crippen LogP contribution in [0.3, 0.4) is 0 Å². The maximum atomic E-state index is 13.2. The molecule has 10 nitrogen and oxygen atoms in total. The first-order chi connectivity index (χ1) is 13.0. The van der Waals surface area contributed by atoms with E-state index in [1.165, 1.54) is 6.33 Å². The van der Waals surface area contributed by atoms with Gasteiger partial charge in [-0.3, -0.25) is 9.36 Å². The second-order valence-corrected chi connectivity index (χ2v) is 6.16. The zero-order chi connectivity index (χ0) is 19.1. The Morgan fingerprint density at radius 1 is 1.15 bits per heavy atom. The fourth-order valence-corrected chi connectivity index (χ4v) is 3.15. The molecule has 0 amide bonds. The first-order valence-electron chi connectivity index (χ1n) is 8.23. The molecule has 3 aromatic rings. The van der Waals surface area contributed by atoms with Crippen LogP contribution in [0.1, 0.15) is 6.23 Å². The molecular formula is C17H17N5O5. The lowest BCUT2D eigenvalue weighted by Gasteiger charge is -2.20. The number of aromatic nitrogens is 4. The molecule has 5 N–H and O–H groups in total. The lowest BCUT2D eigenvalue weighted by atomic mass is 10.1. The summed E-state index contributed by atoms with van der Waals surface area (Å²) < 4.78 is 6.61. The van der Waals surface area contributed by atoms with Crippen LogP contribution in [0.2, 0.25) is 0 Å². The Labute approximate surface area is 152 Å². The van der Waals surface area contributed by atoms with Gasteiger partial charge in [-0.25, -0.2) is 15.0 Å². The Kier molecular flexibility index (Phi) is 4.32. The predicted molar refractivity (Wildman–Crippen MR) is 94.5 cm³/mol. The van der Waals surface area contributed by atoms with Crippen molar-refractivity contribution in [3.63, 3.8) is 0 Å². The molecule has 0 aliphatic carbocycles. The number of ether oxygens (including phenoxy) is 1. The van der Waals surface area contributed by atoms with Crippen LogP contribution in [-0.4, -0.2) is 59.8 Å². The molecule has 1 aromatic carbocycles. The first-order valence-corrected chi connectivity index (χ1v) is 8.23. The standard InChI is InChI=1S/C17H17N5O5/c18-14-11-15(20-7-19-14)22(17-13(25)12(24)9(6-23)27-17)16(26)10(21-11)8-4-2-1-3-5-8/h1-5,7,9,12-13,17,23-25H,6H2,(H2,18,19,20)/t9-,12-,13-,17-/m1/s1. The lowest BCUT2D eigenvalue weighted by Crippen LogP contribution is -2.36. The molecule has 140 valence electrons. The summed E-state index contributed by atoms with van der Waals surface area (Å²) in [4.78, 5) is 25.5. The van der Waals surface area contributed by atoms with Crippen molar-refractivity contribution < 1.29 is 20.1 Å². The van der Waals surface area contributed by atoms with Crippen molar-refractivity contribution >= 4 is 17.0 Å². The number of benzene rings is 1. The second kappa shape index (κ2) is 6.67. The summed E-state index contributed by atoms with van der Waals surface area (Å²) in [7, 11) is 0. The van der Waals surface area contributed by atoms with Crippen molar-refractivity contribution in [1.82, 2.24) is 19.5 Å². The van der Waals surface area contributed by atoms with E-state index in [-0.39, 0.29) is 22.7 Å². The van der Waals surface area contributed by atoms with Gasteiger partial charge in [-0.05, 0) is 0 Å². The molecule has 2 aromatic heterocycles. The Hall–Kier alpha value is -2.92. The van der Waals surface area contributed by atoms with Gasteiger partial charge in [0.1, 0.15) is 35.8 Å². The number of anilines is 1. The summed E-state index contributed by atoms with van der Waals surface area (Å²) in [5.74, 6) is 0.0534. The van der Waals surface area contributed by atoms with Crippen LogP contribution in [0.4, 0.5) is 5.82 Å². The number of nitrogen functional groups attached to an aromatic ring is 1. The molecule has 4 atom stereocenters. The molecule has 1 fully saturated rings. The molecule has 0 unspecified atom stereocenters. The van der Waals surface area contributed by atoms with Crippen molar-refractivity contribution in [2.24, 2.45) is 0 Å². The molecule has 0 radical (unpaired) electrons. The Bertz CT molecular complexity index is 1040. The topological polar surface area (TPSA) is 157 Å². The Morgan fingerprint density at radius 3 is 2.56 bits per heavy atom. The van der Waals surface area contributed by atoms with E-state index in [2.05, 4.69) is 15.0 Å². The van der Waals surface area contributed by atoms with Gasteiger partial charge in [0.15, 0.2) is 17.7 Å². The number of fused-ring (bicyclic) bond motifs is 1. The van der Waals surface area contributed by atoms with E-state index in [4.69, 9.17) is 10.5 Å². The van der Waals surface area contributed by atoms with Crippen LogP contribution in [-0.2, 0) is 4.74 Å². The van der Waals surface area contributed by atoms with Crippen molar-refractivity contribution in [2.75, 3.05) is 12.3 Å². The maximum Gasteiger partial charge on any atom is 0.280 e. The first kappa shape index (κ1) is 17.5. The third kappa shape index (κ3) is 2.75. The Morgan fingerprint density at radius 2 is 1.89 bits per heavy atom. The van der Waals surface area contributed by atoms with Gasteiger partial charge in [0.25, 0.3) is 5.56 Å². The minimum absolute atomic E-state index is 0.0534. The second-order valence-electron chi connectivity index (χ2n) is 6.16. The normalized spacial score (nSPS) is 25.1. The number of aliphatic hydroxyl groups excluding tert-OH is 3. The monoisotopic (exact) mass is 371 g/mol. The average Bonchev–Trinajstić information content (AvgIpc) is 2.97. The molecule has 27 heavy (non-hydrogen) atoms. The SMILES string of the molecule is Nc1ncnc2c1nc(-c1ccccc1)c(=O)n2[C@@H]1O[C@H](CO)[C@@H](O)[C@H]1O.